The van der Waals surface area contributed by atoms with Crippen molar-refractivity contribution in [1.82, 2.24) is 9.80 Å². The van der Waals surface area contributed by atoms with E-state index >= 15 is 0 Å². The summed E-state index contributed by atoms with van der Waals surface area (Å²) < 4.78 is 5.32. The molecule has 1 saturated heterocycles. The normalized spacial score (nSPS) is 22.8. The van der Waals surface area contributed by atoms with E-state index < -0.39 is 6.10 Å². The van der Waals surface area contributed by atoms with Crippen LogP contribution >= 0.6 is 11.6 Å². The molecule has 0 radical (unpaired) electrons. The zero-order valence-corrected chi connectivity index (χ0v) is 13.1. The molecule has 1 aliphatic rings. The van der Waals surface area contributed by atoms with E-state index in [1.807, 2.05) is 0 Å². The minimum Gasteiger partial charge on any atom is -0.496 e. The molecular formula is C15H23ClN2O2. The molecule has 0 bridgehead atoms. The van der Waals surface area contributed by atoms with Crippen LogP contribution in [0.4, 0.5) is 0 Å². The Morgan fingerprint density at radius 3 is 2.85 bits per heavy atom. The number of halogens is 1. The maximum atomic E-state index is 10.5. The summed E-state index contributed by atoms with van der Waals surface area (Å²) in [5.74, 6) is 0.689. The van der Waals surface area contributed by atoms with Crippen molar-refractivity contribution in [3.05, 3.63) is 28.8 Å². The standard InChI is InChI=1S/C15H23ClN2O2/c1-17-6-7-18(2)12(10-17)9-14(19)13-8-11(16)4-5-15(13)20-3/h4-5,8,12,14,19H,6-7,9-10H2,1-3H3. The Morgan fingerprint density at radius 1 is 1.40 bits per heavy atom. The number of likely N-dealkylation sites (N-methyl/N-ethyl adjacent to an activating group) is 2. The van der Waals surface area contributed by atoms with Crippen LogP contribution in [0.3, 0.4) is 0 Å². The fourth-order valence-electron chi connectivity index (χ4n) is 2.71. The third kappa shape index (κ3) is 3.64. The summed E-state index contributed by atoms with van der Waals surface area (Å²) in [6.45, 7) is 3.07. The number of hydrogen-bond donors (Lipinski definition) is 1. The Kier molecular flexibility index (Phi) is 5.27. The predicted molar refractivity (Wildman–Crippen MR) is 81.5 cm³/mol. The van der Waals surface area contributed by atoms with Gasteiger partial charge in [0.15, 0.2) is 0 Å². The lowest BCUT2D eigenvalue weighted by Crippen LogP contribution is -2.50. The summed E-state index contributed by atoms with van der Waals surface area (Å²) >= 11 is 6.03. The minimum absolute atomic E-state index is 0.340. The zero-order valence-electron chi connectivity index (χ0n) is 12.3. The summed E-state index contributed by atoms with van der Waals surface area (Å²) in [6.07, 6.45) is 0.111. The topological polar surface area (TPSA) is 35.9 Å². The molecule has 1 heterocycles. The van der Waals surface area contributed by atoms with Crippen LogP contribution in [0.2, 0.25) is 5.02 Å². The highest BCUT2D eigenvalue weighted by atomic mass is 35.5. The van der Waals surface area contributed by atoms with Crippen LogP contribution in [0, 0.1) is 0 Å². The second-order valence-electron chi connectivity index (χ2n) is 5.53. The van der Waals surface area contributed by atoms with E-state index in [0.717, 1.165) is 25.2 Å². The third-order valence-corrected chi connectivity index (χ3v) is 4.26. The molecule has 1 aliphatic heterocycles. The second-order valence-corrected chi connectivity index (χ2v) is 5.97. The van der Waals surface area contributed by atoms with Gasteiger partial charge in [-0.1, -0.05) is 11.6 Å². The molecule has 0 spiro atoms. The largest absolute Gasteiger partial charge is 0.496 e. The number of ether oxygens (including phenoxy) is 1. The van der Waals surface area contributed by atoms with E-state index in [9.17, 15) is 5.11 Å². The molecule has 112 valence electrons. The monoisotopic (exact) mass is 298 g/mol. The molecule has 0 saturated carbocycles. The van der Waals surface area contributed by atoms with Crippen LogP contribution in [0.1, 0.15) is 18.1 Å². The molecule has 1 aromatic carbocycles. The van der Waals surface area contributed by atoms with E-state index in [1.54, 1.807) is 25.3 Å². The number of piperazine rings is 1. The summed E-state index contributed by atoms with van der Waals surface area (Å²) in [7, 11) is 5.84. The second kappa shape index (κ2) is 6.76. The molecular weight excluding hydrogens is 276 g/mol. The number of aliphatic hydroxyl groups is 1. The van der Waals surface area contributed by atoms with Gasteiger partial charge in [0, 0.05) is 36.3 Å². The van der Waals surface area contributed by atoms with E-state index in [0.29, 0.717) is 23.2 Å². The number of aliphatic hydroxyl groups excluding tert-OH is 1. The zero-order chi connectivity index (χ0) is 14.7. The molecule has 1 fully saturated rings. The Morgan fingerprint density at radius 2 is 2.15 bits per heavy atom. The van der Waals surface area contributed by atoms with Gasteiger partial charge in [0.05, 0.1) is 13.2 Å². The van der Waals surface area contributed by atoms with Gasteiger partial charge in [0.1, 0.15) is 5.75 Å². The minimum atomic E-state index is -0.567. The van der Waals surface area contributed by atoms with Crippen LogP contribution in [0.25, 0.3) is 0 Å². The third-order valence-electron chi connectivity index (χ3n) is 4.03. The first-order chi connectivity index (χ1) is 9.51. The van der Waals surface area contributed by atoms with E-state index in [2.05, 4.69) is 23.9 Å². The summed E-state index contributed by atoms with van der Waals surface area (Å²) in [5.41, 5.74) is 0.765. The quantitative estimate of drug-likeness (QED) is 0.922. The highest BCUT2D eigenvalue weighted by Gasteiger charge is 2.26. The van der Waals surface area contributed by atoms with Gasteiger partial charge in [-0.2, -0.15) is 0 Å². The first kappa shape index (κ1) is 15.6. The van der Waals surface area contributed by atoms with E-state index in [4.69, 9.17) is 16.3 Å². The highest BCUT2D eigenvalue weighted by Crippen LogP contribution is 2.31. The molecule has 1 aromatic rings. The molecule has 20 heavy (non-hydrogen) atoms. The molecule has 0 amide bonds. The maximum absolute atomic E-state index is 10.5. The van der Waals surface area contributed by atoms with Crippen LogP contribution in [0.15, 0.2) is 18.2 Å². The Labute approximate surface area is 125 Å². The van der Waals surface area contributed by atoms with Gasteiger partial charge in [0.25, 0.3) is 0 Å². The van der Waals surface area contributed by atoms with Crippen molar-refractivity contribution in [2.45, 2.75) is 18.6 Å². The van der Waals surface area contributed by atoms with Crippen molar-refractivity contribution in [3.8, 4) is 5.75 Å². The molecule has 2 rings (SSSR count). The van der Waals surface area contributed by atoms with Crippen molar-refractivity contribution in [2.75, 3.05) is 40.8 Å². The average molecular weight is 299 g/mol. The van der Waals surface area contributed by atoms with E-state index in [-0.39, 0.29) is 0 Å². The van der Waals surface area contributed by atoms with Crippen molar-refractivity contribution in [2.24, 2.45) is 0 Å². The van der Waals surface area contributed by atoms with Crippen LogP contribution < -0.4 is 4.74 Å². The SMILES string of the molecule is COc1ccc(Cl)cc1C(O)CC1CN(C)CCN1C. The summed E-state index contributed by atoms with van der Waals surface area (Å²) in [5, 5.41) is 11.1. The molecule has 1 N–H and O–H groups in total. The first-order valence-corrected chi connectivity index (χ1v) is 7.29. The van der Waals surface area contributed by atoms with Crippen LogP contribution in [-0.2, 0) is 0 Å². The number of methoxy groups -OCH3 is 1. The molecule has 2 unspecified atom stereocenters. The molecule has 0 aliphatic carbocycles. The fraction of sp³-hybridized carbons (Fsp3) is 0.600. The van der Waals surface area contributed by atoms with Crippen LogP contribution in [0.5, 0.6) is 5.75 Å². The Bertz CT molecular complexity index is 455. The van der Waals surface area contributed by atoms with Gasteiger partial charge in [0.2, 0.25) is 0 Å². The molecule has 5 heteroatoms. The van der Waals surface area contributed by atoms with E-state index in [1.165, 1.54) is 0 Å². The van der Waals surface area contributed by atoms with Crippen molar-refractivity contribution < 1.29 is 9.84 Å². The maximum Gasteiger partial charge on any atom is 0.124 e. The number of rotatable bonds is 4. The summed E-state index contributed by atoms with van der Waals surface area (Å²) in [4.78, 5) is 4.60. The smallest absolute Gasteiger partial charge is 0.124 e. The van der Waals surface area contributed by atoms with Gasteiger partial charge in [-0.3, -0.25) is 0 Å². The van der Waals surface area contributed by atoms with Gasteiger partial charge in [-0.15, -0.1) is 0 Å². The van der Waals surface area contributed by atoms with Crippen molar-refractivity contribution in [1.29, 1.82) is 0 Å². The lowest BCUT2D eigenvalue weighted by Gasteiger charge is -2.38. The van der Waals surface area contributed by atoms with Gasteiger partial charge in [-0.25, -0.2) is 0 Å². The first-order valence-electron chi connectivity index (χ1n) is 6.91. The summed E-state index contributed by atoms with van der Waals surface area (Å²) in [6, 6.07) is 5.71. The molecule has 2 atom stereocenters. The van der Waals surface area contributed by atoms with Gasteiger partial charge in [-0.05, 0) is 38.7 Å². The fourth-order valence-corrected chi connectivity index (χ4v) is 2.89. The number of benzene rings is 1. The lowest BCUT2D eigenvalue weighted by atomic mass is 9.99. The number of nitrogens with zero attached hydrogens (tertiary/aromatic N) is 2. The Hall–Kier alpha value is -0.810. The number of hydrogen-bond acceptors (Lipinski definition) is 4. The van der Waals surface area contributed by atoms with Gasteiger partial charge < -0.3 is 19.6 Å². The predicted octanol–water partition coefficient (Wildman–Crippen LogP) is 2.02. The van der Waals surface area contributed by atoms with Crippen molar-refractivity contribution in [3.63, 3.8) is 0 Å². The van der Waals surface area contributed by atoms with Crippen molar-refractivity contribution >= 4 is 11.6 Å². The van der Waals surface area contributed by atoms with Crippen LogP contribution in [-0.4, -0.2) is 61.8 Å². The highest BCUT2D eigenvalue weighted by molar-refractivity contribution is 6.30. The average Bonchev–Trinajstić information content (AvgIpc) is 2.42. The van der Waals surface area contributed by atoms with Gasteiger partial charge >= 0.3 is 0 Å². The molecule has 4 nitrogen and oxygen atoms in total. The lowest BCUT2D eigenvalue weighted by molar-refractivity contribution is 0.0625. The molecule has 0 aromatic heterocycles. The Balaban J connectivity index is 2.11.